The van der Waals surface area contributed by atoms with Gasteiger partial charge in [-0.25, -0.2) is 0 Å². The van der Waals surface area contributed by atoms with Gasteiger partial charge in [0.25, 0.3) is 0 Å². The molecule has 0 radical (unpaired) electrons. The fraction of sp³-hybridized carbons (Fsp3) is 0.909. The van der Waals surface area contributed by atoms with Gasteiger partial charge in [-0.1, -0.05) is 13.8 Å². The number of carbonyl (C=O) groups is 1. The van der Waals surface area contributed by atoms with Gasteiger partial charge in [0.05, 0.1) is 12.7 Å². The van der Waals surface area contributed by atoms with E-state index in [-0.39, 0.29) is 18.6 Å². The molecule has 1 fully saturated rings. The maximum atomic E-state index is 11.6. The molecule has 1 rings (SSSR count). The number of morpholine rings is 1. The molecule has 1 saturated heterocycles. The molecule has 0 aromatic rings. The zero-order chi connectivity index (χ0) is 12.0. The van der Waals surface area contributed by atoms with Gasteiger partial charge in [-0.05, 0) is 0 Å². The van der Waals surface area contributed by atoms with E-state index >= 15 is 0 Å². The fourth-order valence-electron chi connectivity index (χ4n) is 1.65. The van der Waals surface area contributed by atoms with Crippen LogP contribution < -0.4 is 5.32 Å². The standard InChI is InChI=1S/C11H22N2O3/c1-9(2)12-6-10-7-13(4-5-16-10)11(14)8-15-3/h9-10,12H,4-8H2,1-3H3. The Morgan fingerprint density at radius 3 is 3.00 bits per heavy atom. The van der Waals surface area contributed by atoms with Crippen molar-refractivity contribution in [2.45, 2.75) is 26.0 Å². The Hall–Kier alpha value is -0.650. The maximum Gasteiger partial charge on any atom is 0.248 e. The second-order valence-corrected chi connectivity index (χ2v) is 4.33. The van der Waals surface area contributed by atoms with Crippen LogP contribution in [0.1, 0.15) is 13.8 Å². The monoisotopic (exact) mass is 230 g/mol. The third-order valence-electron chi connectivity index (χ3n) is 2.51. The van der Waals surface area contributed by atoms with Crippen molar-refractivity contribution < 1.29 is 14.3 Å². The van der Waals surface area contributed by atoms with Crippen molar-refractivity contribution >= 4 is 5.91 Å². The second kappa shape index (κ2) is 6.83. The van der Waals surface area contributed by atoms with Crippen LogP contribution >= 0.6 is 0 Å². The van der Waals surface area contributed by atoms with Gasteiger partial charge in [-0.2, -0.15) is 0 Å². The molecular weight excluding hydrogens is 208 g/mol. The maximum absolute atomic E-state index is 11.6. The number of hydrogen-bond acceptors (Lipinski definition) is 4. The summed E-state index contributed by atoms with van der Waals surface area (Å²) in [6.07, 6.45) is 0.0944. The molecule has 1 heterocycles. The second-order valence-electron chi connectivity index (χ2n) is 4.33. The molecule has 0 aromatic heterocycles. The minimum absolute atomic E-state index is 0.0420. The minimum atomic E-state index is 0.0420. The number of ether oxygens (including phenoxy) is 2. The molecule has 1 atom stereocenters. The predicted molar refractivity (Wildman–Crippen MR) is 61.3 cm³/mol. The van der Waals surface area contributed by atoms with E-state index in [4.69, 9.17) is 9.47 Å². The van der Waals surface area contributed by atoms with Crippen LogP contribution in [0.5, 0.6) is 0 Å². The van der Waals surface area contributed by atoms with E-state index in [0.717, 1.165) is 6.54 Å². The highest BCUT2D eigenvalue weighted by Crippen LogP contribution is 2.05. The predicted octanol–water partition coefficient (Wildman–Crippen LogP) is -0.142. The highest BCUT2D eigenvalue weighted by Gasteiger charge is 2.23. The normalized spacial score (nSPS) is 21.5. The fourth-order valence-corrected chi connectivity index (χ4v) is 1.65. The lowest BCUT2D eigenvalue weighted by molar-refractivity contribution is -0.142. The largest absolute Gasteiger partial charge is 0.375 e. The molecule has 1 unspecified atom stereocenters. The van der Waals surface area contributed by atoms with Gasteiger partial charge in [0, 0.05) is 32.8 Å². The van der Waals surface area contributed by atoms with E-state index < -0.39 is 0 Å². The Balaban J connectivity index is 2.32. The minimum Gasteiger partial charge on any atom is -0.375 e. The SMILES string of the molecule is COCC(=O)N1CCOC(CNC(C)C)C1. The van der Waals surface area contributed by atoms with Crippen LogP contribution in [-0.2, 0) is 14.3 Å². The number of nitrogens with one attached hydrogen (secondary N) is 1. The zero-order valence-corrected chi connectivity index (χ0v) is 10.4. The summed E-state index contributed by atoms with van der Waals surface area (Å²) in [4.78, 5) is 13.4. The van der Waals surface area contributed by atoms with Crippen LogP contribution in [0.2, 0.25) is 0 Å². The van der Waals surface area contributed by atoms with Crippen LogP contribution in [0.4, 0.5) is 0 Å². The number of methoxy groups -OCH3 is 1. The number of rotatable bonds is 5. The molecule has 1 aliphatic heterocycles. The Labute approximate surface area is 97.1 Å². The molecule has 1 N–H and O–H groups in total. The van der Waals surface area contributed by atoms with E-state index in [2.05, 4.69) is 19.2 Å². The van der Waals surface area contributed by atoms with E-state index in [9.17, 15) is 4.79 Å². The number of carbonyl (C=O) groups excluding carboxylic acids is 1. The first-order valence-corrected chi connectivity index (χ1v) is 5.75. The van der Waals surface area contributed by atoms with Crippen molar-refractivity contribution in [3.63, 3.8) is 0 Å². The molecule has 0 aliphatic carbocycles. The van der Waals surface area contributed by atoms with Crippen LogP contribution in [-0.4, -0.2) is 62.9 Å². The Bertz CT molecular complexity index is 221. The first-order valence-electron chi connectivity index (χ1n) is 5.75. The summed E-state index contributed by atoms with van der Waals surface area (Å²) in [5.74, 6) is 0.0420. The van der Waals surface area contributed by atoms with Crippen molar-refractivity contribution in [3.05, 3.63) is 0 Å². The summed E-state index contributed by atoms with van der Waals surface area (Å²) in [6, 6.07) is 0.439. The zero-order valence-electron chi connectivity index (χ0n) is 10.4. The molecule has 0 aromatic carbocycles. The van der Waals surface area contributed by atoms with Crippen molar-refractivity contribution in [2.75, 3.05) is 40.0 Å². The summed E-state index contributed by atoms with van der Waals surface area (Å²) in [5, 5.41) is 3.31. The average molecular weight is 230 g/mol. The molecule has 5 nitrogen and oxygen atoms in total. The van der Waals surface area contributed by atoms with Crippen LogP contribution in [0.25, 0.3) is 0 Å². The summed E-state index contributed by atoms with van der Waals surface area (Å²) in [7, 11) is 1.54. The van der Waals surface area contributed by atoms with Gasteiger partial charge in [0.15, 0.2) is 0 Å². The first kappa shape index (κ1) is 13.4. The van der Waals surface area contributed by atoms with Crippen LogP contribution in [0.15, 0.2) is 0 Å². The van der Waals surface area contributed by atoms with Crippen molar-refractivity contribution in [1.29, 1.82) is 0 Å². The number of amides is 1. The average Bonchev–Trinajstić information content (AvgIpc) is 2.27. The summed E-state index contributed by atoms with van der Waals surface area (Å²) in [6.45, 7) is 7.06. The van der Waals surface area contributed by atoms with E-state index in [0.29, 0.717) is 25.7 Å². The van der Waals surface area contributed by atoms with Crippen molar-refractivity contribution in [1.82, 2.24) is 10.2 Å². The highest BCUT2D eigenvalue weighted by molar-refractivity contribution is 5.77. The molecular formula is C11H22N2O3. The quantitative estimate of drug-likeness (QED) is 0.714. The van der Waals surface area contributed by atoms with E-state index in [1.54, 1.807) is 4.90 Å². The smallest absolute Gasteiger partial charge is 0.248 e. The molecule has 0 bridgehead atoms. The Morgan fingerprint density at radius 2 is 2.38 bits per heavy atom. The highest BCUT2D eigenvalue weighted by atomic mass is 16.5. The lowest BCUT2D eigenvalue weighted by Crippen LogP contribution is -2.50. The van der Waals surface area contributed by atoms with Gasteiger partial charge in [-0.3, -0.25) is 4.79 Å². The Morgan fingerprint density at radius 1 is 1.62 bits per heavy atom. The lowest BCUT2D eigenvalue weighted by Gasteiger charge is -2.33. The molecule has 0 saturated carbocycles. The summed E-state index contributed by atoms with van der Waals surface area (Å²) < 4.78 is 10.4. The lowest BCUT2D eigenvalue weighted by atomic mass is 10.2. The third kappa shape index (κ3) is 4.47. The molecule has 94 valence electrons. The molecule has 16 heavy (non-hydrogen) atoms. The Kier molecular flexibility index (Phi) is 5.73. The molecule has 5 heteroatoms. The van der Waals surface area contributed by atoms with Gasteiger partial charge < -0.3 is 19.7 Å². The third-order valence-corrected chi connectivity index (χ3v) is 2.51. The molecule has 1 aliphatic rings. The van der Waals surface area contributed by atoms with Gasteiger partial charge in [0.1, 0.15) is 6.61 Å². The van der Waals surface area contributed by atoms with Gasteiger partial charge in [-0.15, -0.1) is 0 Å². The summed E-state index contributed by atoms with van der Waals surface area (Å²) in [5.41, 5.74) is 0. The number of hydrogen-bond donors (Lipinski definition) is 1. The summed E-state index contributed by atoms with van der Waals surface area (Å²) >= 11 is 0. The topological polar surface area (TPSA) is 50.8 Å². The van der Waals surface area contributed by atoms with Crippen LogP contribution in [0.3, 0.4) is 0 Å². The first-order chi connectivity index (χ1) is 7.63. The van der Waals surface area contributed by atoms with E-state index in [1.807, 2.05) is 0 Å². The van der Waals surface area contributed by atoms with Crippen molar-refractivity contribution in [2.24, 2.45) is 0 Å². The van der Waals surface area contributed by atoms with Crippen molar-refractivity contribution in [3.8, 4) is 0 Å². The van der Waals surface area contributed by atoms with Gasteiger partial charge >= 0.3 is 0 Å². The van der Waals surface area contributed by atoms with Crippen LogP contribution in [0, 0.1) is 0 Å². The van der Waals surface area contributed by atoms with E-state index in [1.165, 1.54) is 7.11 Å². The molecule has 1 amide bonds. The number of nitrogens with zero attached hydrogens (tertiary/aromatic N) is 1. The van der Waals surface area contributed by atoms with Gasteiger partial charge in [0.2, 0.25) is 5.91 Å². The molecule has 0 spiro atoms.